The number of aryl methyl sites for hydroxylation is 1. The lowest BCUT2D eigenvalue weighted by Crippen LogP contribution is -2.42. The summed E-state index contributed by atoms with van der Waals surface area (Å²) in [5, 5.41) is 11.9. The van der Waals surface area contributed by atoms with Crippen LogP contribution in [-0.4, -0.2) is 35.5 Å². The molecule has 0 saturated carbocycles. The molecule has 0 aliphatic carbocycles. The molecule has 1 aliphatic heterocycles. The fourth-order valence-corrected chi connectivity index (χ4v) is 2.90. The Labute approximate surface area is 141 Å². The first kappa shape index (κ1) is 18.0. The lowest BCUT2D eigenvalue weighted by molar-refractivity contribution is -0.139. The van der Waals surface area contributed by atoms with Gasteiger partial charge in [0.2, 0.25) is 5.91 Å². The molecule has 130 valence electrons. The summed E-state index contributed by atoms with van der Waals surface area (Å²) in [6, 6.07) is 4.36. The highest BCUT2D eigenvalue weighted by Gasteiger charge is 2.28. The number of carboxylic acid groups (broad SMARTS) is 1. The van der Waals surface area contributed by atoms with Crippen LogP contribution in [0.25, 0.3) is 0 Å². The molecule has 2 N–H and O–H groups in total. The highest BCUT2D eigenvalue weighted by atomic mass is 16.4. The van der Waals surface area contributed by atoms with Crippen LogP contribution < -0.4 is 10.2 Å². The molecule has 6 nitrogen and oxygen atoms in total. The van der Waals surface area contributed by atoms with Gasteiger partial charge in [0.15, 0.2) is 0 Å². The predicted molar refractivity (Wildman–Crippen MR) is 91.1 cm³/mol. The maximum absolute atomic E-state index is 12.7. The van der Waals surface area contributed by atoms with Crippen molar-refractivity contribution in [2.24, 2.45) is 5.92 Å². The first-order valence-corrected chi connectivity index (χ1v) is 8.24. The molecule has 0 radical (unpaired) electrons. The van der Waals surface area contributed by atoms with Gasteiger partial charge in [-0.25, -0.2) is 4.79 Å². The average molecular weight is 332 g/mol. The van der Waals surface area contributed by atoms with E-state index in [2.05, 4.69) is 5.32 Å². The summed E-state index contributed by atoms with van der Waals surface area (Å²) >= 11 is 0. The molecular weight excluding hydrogens is 308 g/mol. The second kappa shape index (κ2) is 7.47. The number of amides is 2. The quantitative estimate of drug-likeness (QED) is 0.837. The largest absolute Gasteiger partial charge is 0.480 e. The summed E-state index contributed by atoms with van der Waals surface area (Å²) in [6.45, 7) is 6.25. The van der Waals surface area contributed by atoms with Crippen molar-refractivity contribution in [3.8, 4) is 0 Å². The number of rotatable bonds is 6. The SMILES string of the molecule is Cc1ccc(N2CCCC2=O)c(C(=O)N[C@H](CC(C)C)C(=O)O)c1. The van der Waals surface area contributed by atoms with Gasteiger partial charge in [-0.2, -0.15) is 0 Å². The number of aliphatic carboxylic acids is 1. The van der Waals surface area contributed by atoms with Crippen LogP contribution in [0.15, 0.2) is 18.2 Å². The van der Waals surface area contributed by atoms with Gasteiger partial charge >= 0.3 is 5.97 Å². The summed E-state index contributed by atoms with van der Waals surface area (Å²) in [5.41, 5.74) is 1.78. The van der Waals surface area contributed by atoms with Gasteiger partial charge in [0, 0.05) is 13.0 Å². The van der Waals surface area contributed by atoms with Crippen LogP contribution in [-0.2, 0) is 9.59 Å². The summed E-state index contributed by atoms with van der Waals surface area (Å²) < 4.78 is 0. The van der Waals surface area contributed by atoms with Gasteiger partial charge < -0.3 is 15.3 Å². The Kier molecular flexibility index (Phi) is 5.59. The van der Waals surface area contributed by atoms with E-state index in [4.69, 9.17) is 0 Å². The number of carboxylic acids is 1. The highest BCUT2D eigenvalue weighted by molar-refractivity contribution is 6.06. The third kappa shape index (κ3) is 4.13. The molecular formula is C18H24N2O4. The molecule has 0 spiro atoms. The minimum Gasteiger partial charge on any atom is -0.480 e. The van der Waals surface area contributed by atoms with Crippen LogP contribution in [0.5, 0.6) is 0 Å². The van der Waals surface area contributed by atoms with E-state index in [0.717, 1.165) is 12.0 Å². The van der Waals surface area contributed by atoms with Gasteiger partial charge in [0.05, 0.1) is 11.3 Å². The van der Waals surface area contributed by atoms with Gasteiger partial charge in [0.25, 0.3) is 5.91 Å². The first-order chi connectivity index (χ1) is 11.3. The normalized spacial score (nSPS) is 15.7. The molecule has 1 aliphatic rings. The molecule has 2 rings (SSSR count). The molecule has 1 aromatic rings. The number of hydrogen-bond acceptors (Lipinski definition) is 3. The maximum atomic E-state index is 12.7. The third-order valence-electron chi connectivity index (χ3n) is 4.07. The zero-order chi connectivity index (χ0) is 17.9. The Morgan fingerprint density at radius 2 is 2.04 bits per heavy atom. The summed E-state index contributed by atoms with van der Waals surface area (Å²) in [7, 11) is 0. The number of hydrogen-bond donors (Lipinski definition) is 2. The average Bonchev–Trinajstić information content (AvgIpc) is 2.92. The molecule has 0 unspecified atom stereocenters. The predicted octanol–water partition coefficient (Wildman–Crippen LogP) is 2.35. The zero-order valence-electron chi connectivity index (χ0n) is 14.3. The van der Waals surface area contributed by atoms with Crippen molar-refractivity contribution >= 4 is 23.5 Å². The number of nitrogens with one attached hydrogen (secondary N) is 1. The topological polar surface area (TPSA) is 86.7 Å². The van der Waals surface area contributed by atoms with Crippen LogP contribution >= 0.6 is 0 Å². The Morgan fingerprint density at radius 3 is 2.58 bits per heavy atom. The Bertz CT molecular complexity index is 654. The zero-order valence-corrected chi connectivity index (χ0v) is 14.3. The van der Waals surface area contributed by atoms with Gasteiger partial charge in [-0.3, -0.25) is 9.59 Å². The van der Waals surface area contributed by atoms with E-state index >= 15 is 0 Å². The molecule has 1 saturated heterocycles. The van der Waals surface area contributed by atoms with E-state index in [1.807, 2.05) is 26.8 Å². The van der Waals surface area contributed by atoms with Crippen molar-refractivity contribution in [2.45, 2.75) is 46.1 Å². The Hall–Kier alpha value is -2.37. The van der Waals surface area contributed by atoms with Crippen molar-refractivity contribution in [2.75, 3.05) is 11.4 Å². The van der Waals surface area contributed by atoms with Crippen molar-refractivity contribution in [1.82, 2.24) is 5.32 Å². The number of benzene rings is 1. The Balaban J connectivity index is 2.29. The van der Waals surface area contributed by atoms with E-state index < -0.39 is 17.9 Å². The van der Waals surface area contributed by atoms with Gasteiger partial charge in [-0.1, -0.05) is 25.5 Å². The second-order valence-corrected chi connectivity index (χ2v) is 6.66. The van der Waals surface area contributed by atoms with Crippen molar-refractivity contribution in [3.63, 3.8) is 0 Å². The van der Waals surface area contributed by atoms with Crippen molar-refractivity contribution in [3.05, 3.63) is 29.3 Å². The van der Waals surface area contributed by atoms with E-state index in [1.165, 1.54) is 0 Å². The fraction of sp³-hybridized carbons (Fsp3) is 0.500. The Morgan fingerprint density at radius 1 is 1.33 bits per heavy atom. The molecule has 1 heterocycles. The molecule has 1 aromatic carbocycles. The lowest BCUT2D eigenvalue weighted by Gasteiger charge is -2.22. The molecule has 1 fully saturated rings. The lowest BCUT2D eigenvalue weighted by atomic mass is 10.0. The standard InChI is InChI=1S/C18H24N2O4/c1-11(2)9-14(18(23)24)19-17(22)13-10-12(3)6-7-15(13)20-8-4-5-16(20)21/h6-7,10-11,14H,4-5,8-9H2,1-3H3,(H,19,22)(H,23,24)/t14-/m1/s1. The van der Waals surface area contributed by atoms with E-state index in [9.17, 15) is 19.5 Å². The van der Waals surface area contributed by atoms with Crippen LogP contribution in [0.4, 0.5) is 5.69 Å². The molecule has 1 atom stereocenters. The molecule has 0 aromatic heterocycles. The smallest absolute Gasteiger partial charge is 0.326 e. The summed E-state index contributed by atoms with van der Waals surface area (Å²) in [5.74, 6) is -1.38. The van der Waals surface area contributed by atoms with Gasteiger partial charge in [0.1, 0.15) is 6.04 Å². The number of nitrogens with zero attached hydrogens (tertiary/aromatic N) is 1. The highest BCUT2D eigenvalue weighted by Crippen LogP contribution is 2.26. The molecule has 24 heavy (non-hydrogen) atoms. The maximum Gasteiger partial charge on any atom is 0.326 e. The van der Waals surface area contributed by atoms with Crippen LogP contribution in [0.1, 0.15) is 49.0 Å². The summed E-state index contributed by atoms with van der Waals surface area (Å²) in [6.07, 6.45) is 1.59. The number of anilines is 1. The van der Waals surface area contributed by atoms with Crippen LogP contribution in [0.2, 0.25) is 0 Å². The van der Waals surface area contributed by atoms with Crippen LogP contribution in [0.3, 0.4) is 0 Å². The monoisotopic (exact) mass is 332 g/mol. The van der Waals surface area contributed by atoms with Crippen LogP contribution in [0, 0.1) is 12.8 Å². The minimum absolute atomic E-state index is 0.00938. The fourth-order valence-electron chi connectivity index (χ4n) is 2.90. The molecule has 6 heteroatoms. The molecule has 0 bridgehead atoms. The van der Waals surface area contributed by atoms with E-state index in [-0.39, 0.29) is 11.8 Å². The minimum atomic E-state index is -1.05. The van der Waals surface area contributed by atoms with E-state index in [0.29, 0.717) is 30.6 Å². The van der Waals surface area contributed by atoms with Crippen molar-refractivity contribution in [1.29, 1.82) is 0 Å². The van der Waals surface area contributed by atoms with Crippen molar-refractivity contribution < 1.29 is 19.5 Å². The van der Waals surface area contributed by atoms with E-state index in [1.54, 1.807) is 17.0 Å². The number of carbonyl (C=O) groups excluding carboxylic acids is 2. The third-order valence-corrected chi connectivity index (χ3v) is 4.07. The van der Waals surface area contributed by atoms with Gasteiger partial charge in [-0.15, -0.1) is 0 Å². The summed E-state index contributed by atoms with van der Waals surface area (Å²) in [4.78, 5) is 37.7. The first-order valence-electron chi connectivity index (χ1n) is 8.24. The number of carbonyl (C=O) groups is 3. The van der Waals surface area contributed by atoms with Gasteiger partial charge in [-0.05, 0) is 37.8 Å². The second-order valence-electron chi connectivity index (χ2n) is 6.66. The molecule has 2 amide bonds.